The quantitative estimate of drug-likeness (QED) is 0.0338. The van der Waals surface area contributed by atoms with E-state index in [1.807, 2.05) is 5.32 Å². The Balaban J connectivity index is 0. The van der Waals surface area contributed by atoms with Gasteiger partial charge in [0, 0.05) is 51.7 Å². The SMILES string of the molecule is CCCCCCCCCCCCCC(=O)OCCN(CCOC(=O)CCCCCCCCCCCCC)C(=O)CCCCCNC(=O)C(F)(F)F.CCCCCCCCCCCCCC(=O)OCCNCCOC(=O)CCCCCCCCCCCCC. The molecule has 13 nitrogen and oxygen atoms in total. The number of rotatable bonds is 66. The Morgan fingerprint density at radius 1 is 0.295 bits per heavy atom. The third-order valence-corrected chi connectivity index (χ3v) is 16.2. The van der Waals surface area contributed by atoms with Crippen molar-refractivity contribution in [2.75, 3.05) is 59.2 Å². The van der Waals surface area contributed by atoms with Gasteiger partial charge in [-0.15, -0.1) is 0 Å². The molecule has 0 saturated heterocycles. The van der Waals surface area contributed by atoms with E-state index in [1.165, 1.54) is 223 Å². The van der Waals surface area contributed by atoms with Gasteiger partial charge in [0.1, 0.15) is 26.4 Å². The number of halogens is 3. The zero-order valence-electron chi connectivity index (χ0n) is 57.3. The Kier molecular flexibility index (Phi) is 68.4. The number of carbonyl (C=O) groups excluding carboxylic acids is 6. The molecule has 0 bridgehead atoms. The maximum atomic E-state index is 13.0. The van der Waals surface area contributed by atoms with Crippen LogP contribution in [0, 0.1) is 0 Å². The summed E-state index contributed by atoms with van der Waals surface area (Å²) in [5.41, 5.74) is 0. The zero-order chi connectivity index (χ0) is 64.9. The summed E-state index contributed by atoms with van der Waals surface area (Å²) in [6.07, 6.45) is 52.6. The van der Waals surface area contributed by atoms with Gasteiger partial charge in [-0.3, -0.25) is 28.8 Å². The fourth-order valence-electron chi connectivity index (χ4n) is 10.6. The molecule has 0 radical (unpaired) electrons. The van der Waals surface area contributed by atoms with E-state index in [9.17, 15) is 41.9 Å². The van der Waals surface area contributed by atoms with E-state index in [0.29, 0.717) is 71.2 Å². The minimum atomic E-state index is -4.91. The largest absolute Gasteiger partial charge is 0.471 e. The molecule has 0 unspecified atom stereocenters. The predicted octanol–water partition coefficient (Wildman–Crippen LogP) is 19.6. The van der Waals surface area contributed by atoms with Gasteiger partial charge in [0.2, 0.25) is 5.91 Å². The highest BCUT2D eigenvalue weighted by molar-refractivity contribution is 5.81. The van der Waals surface area contributed by atoms with Crippen molar-refractivity contribution < 1.29 is 60.9 Å². The Bertz CT molecular complexity index is 1490. The van der Waals surface area contributed by atoms with Crippen LogP contribution in [0.3, 0.4) is 0 Å². The lowest BCUT2D eigenvalue weighted by molar-refractivity contribution is -0.173. The van der Waals surface area contributed by atoms with Crippen LogP contribution in [0.4, 0.5) is 13.2 Å². The Morgan fingerprint density at radius 2 is 0.523 bits per heavy atom. The predicted molar refractivity (Wildman–Crippen MR) is 355 cm³/mol. The monoisotopic (exact) mass is 1260 g/mol. The van der Waals surface area contributed by atoms with E-state index in [1.54, 1.807) is 0 Å². The summed E-state index contributed by atoms with van der Waals surface area (Å²) in [7, 11) is 0. The number of esters is 4. The van der Waals surface area contributed by atoms with E-state index in [2.05, 4.69) is 33.0 Å². The van der Waals surface area contributed by atoms with E-state index in [-0.39, 0.29) is 69.1 Å². The molecular formula is C72H136F3N3O10. The number of nitrogens with one attached hydrogen (secondary N) is 2. The first-order valence-corrected chi connectivity index (χ1v) is 36.8. The summed E-state index contributed by atoms with van der Waals surface area (Å²) in [5, 5.41) is 4.99. The maximum absolute atomic E-state index is 13.0. The molecule has 2 amide bonds. The van der Waals surface area contributed by atoms with Gasteiger partial charge in [-0.05, 0) is 38.5 Å². The first-order chi connectivity index (χ1) is 42.8. The number of alkyl halides is 3. The minimum absolute atomic E-state index is 0.0404. The molecular weight excluding hydrogens is 1120 g/mol. The van der Waals surface area contributed by atoms with Crippen LogP contribution in [0.25, 0.3) is 0 Å². The molecule has 0 aromatic heterocycles. The fraction of sp³-hybridized carbons (Fsp3) is 0.917. The summed E-state index contributed by atoms with van der Waals surface area (Å²) >= 11 is 0. The summed E-state index contributed by atoms with van der Waals surface area (Å²) < 4.78 is 58.3. The first kappa shape index (κ1) is 86.6. The van der Waals surface area contributed by atoms with E-state index in [0.717, 1.165) is 64.2 Å². The van der Waals surface area contributed by atoms with Gasteiger partial charge >= 0.3 is 36.0 Å². The number of hydrogen-bond acceptors (Lipinski definition) is 11. The molecule has 0 fully saturated rings. The van der Waals surface area contributed by atoms with Crippen LogP contribution in [-0.4, -0.2) is 106 Å². The highest BCUT2D eigenvalue weighted by atomic mass is 19.4. The van der Waals surface area contributed by atoms with Gasteiger partial charge in [-0.1, -0.05) is 291 Å². The highest BCUT2D eigenvalue weighted by Crippen LogP contribution is 2.18. The second-order valence-electron chi connectivity index (χ2n) is 24.7. The number of ether oxygens (including phenoxy) is 4. The van der Waals surface area contributed by atoms with Crippen LogP contribution in [-0.2, 0) is 47.7 Å². The normalized spacial score (nSPS) is 11.3. The molecule has 0 aliphatic heterocycles. The van der Waals surface area contributed by atoms with Crippen molar-refractivity contribution in [2.45, 2.75) is 368 Å². The number of nitrogens with zero attached hydrogens (tertiary/aromatic N) is 1. The lowest BCUT2D eigenvalue weighted by Gasteiger charge is -2.22. The molecule has 0 aromatic carbocycles. The van der Waals surface area contributed by atoms with Crippen LogP contribution in [0.1, 0.15) is 362 Å². The van der Waals surface area contributed by atoms with Crippen LogP contribution in [0.2, 0.25) is 0 Å². The summed E-state index contributed by atoms with van der Waals surface area (Å²) in [6.45, 7) is 11.2. The molecule has 88 heavy (non-hydrogen) atoms. The summed E-state index contributed by atoms with van der Waals surface area (Å²) in [4.78, 5) is 73.6. The molecule has 0 heterocycles. The lowest BCUT2D eigenvalue weighted by atomic mass is 10.1. The third-order valence-electron chi connectivity index (χ3n) is 16.2. The average molecular weight is 1260 g/mol. The Morgan fingerprint density at radius 3 is 0.784 bits per heavy atom. The van der Waals surface area contributed by atoms with Gasteiger partial charge in [0.25, 0.3) is 0 Å². The Labute approximate surface area is 536 Å². The van der Waals surface area contributed by atoms with Gasteiger partial charge in [0.05, 0.1) is 13.1 Å². The lowest BCUT2D eigenvalue weighted by Crippen LogP contribution is -2.37. The molecule has 0 atom stereocenters. The van der Waals surface area contributed by atoms with Crippen molar-refractivity contribution in [1.82, 2.24) is 15.5 Å². The van der Waals surface area contributed by atoms with Crippen molar-refractivity contribution in [3.8, 4) is 0 Å². The van der Waals surface area contributed by atoms with Gasteiger partial charge < -0.3 is 34.5 Å². The average Bonchev–Trinajstić information content (AvgIpc) is 3.68. The molecule has 0 saturated carbocycles. The van der Waals surface area contributed by atoms with Crippen LogP contribution >= 0.6 is 0 Å². The second-order valence-corrected chi connectivity index (χ2v) is 24.7. The zero-order valence-corrected chi connectivity index (χ0v) is 57.3. The molecule has 520 valence electrons. The second kappa shape index (κ2) is 69.5. The molecule has 0 aromatic rings. The van der Waals surface area contributed by atoms with Crippen molar-refractivity contribution in [1.29, 1.82) is 0 Å². The van der Waals surface area contributed by atoms with Crippen LogP contribution < -0.4 is 10.6 Å². The number of hydrogen-bond donors (Lipinski definition) is 2. The number of carbonyl (C=O) groups is 6. The first-order valence-electron chi connectivity index (χ1n) is 36.8. The summed E-state index contributed by atoms with van der Waals surface area (Å²) in [6, 6.07) is 0. The molecule has 2 N–H and O–H groups in total. The van der Waals surface area contributed by atoms with Crippen LogP contribution in [0.15, 0.2) is 0 Å². The molecule has 0 aliphatic rings. The van der Waals surface area contributed by atoms with E-state index < -0.39 is 12.1 Å². The summed E-state index contributed by atoms with van der Waals surface area (Å²) in [5.74, 6) is -2.97. The van der Waals surface area contributed by atoms with Crippen molar-refractivity contribution in [3.05, 3.63) is 0 Å². The van der Waals surface area contributed by atoms with E-state index in [4.69, 9.17) is 18.9 Å². The smallest absolute Gasteiger partial charge is 0.464 e. The maximum Gasteiger partial charge on any atom is 0.471 e. The van der Waals surface area contributed by atoms with Crippen molar-refractivity contribution in [3.63, 3.8) is 0 Å². The standard InChI is InChI=1S/C40H73F3N2O6.C32H63NO4/c1-3-5-7-9-11-13-15-17-19-21-25-29-37(47)50-34-32-45(36(46)28-24-23-27-31-44-39(49)40(41,42)43)33-35-51-38(48)30-26-22-20-18-16-14-12-10-8-6-4-2;1-3-5-7-9-11-13-15-17-19-21-23-25-31(34)36-29-27-33-28-30-37-32(35)26-24-22-20-18-16-14-12-10-8-6-4-2/h3-35H2,1-2H3,(H,44,49);33H,3-30H2,1-2H3. The molecule has 0 aliphatic carbocycles. The van der Waals surface area contributed by atoms with Crippen molar-refractivity contribution in [2.24, 2.45) is 0 Å². The van der Waals surface area contributed by atoms with Gasteiger partial charge in [-0.2, -0.15) is 13.2 Å². The third kappa shape index (κ3) is 68.5. The fourth-order valence-corrected chi connectivity index (χ4v) is 10.6. The Hall–Kier alpha value is -3.43. The van der Waals surface area contributed by atoms with Gasteiger partial charge in [-0.25, -0.2) is 0 Å². The molecule has 0 spiro atoms. The number of amides is 2. The molecule has 0 rings (SSSR count). The number of unbranched alkanes of at least 4 members (excludes halogenated alkanes) is 42. The van der Waals surface area contributed by atoms with E-state index >= 15 is 0 Å². The van der Waals surface area contributed by atoms with Gasteiger partial charge in [0.15, 0.2) is 0 Å². The minimum Gasteiger partial charge on any atom is -0.464 e. The highest BCUT2D eigenvalue weighted by Gasteiger charge is 2.38. The van der Waals surface area contributed by atoms with Crippen molar-refractivity contribution >= 4 is 35.7 Å². The van der Waals surface area contributed by atoms with Crippen LogP contribution in [0.5, 0.6) is 0 Å². The topological polar surface area (TPSA) is 167 Å². The molecule has 16 heteroatoms.